The van der Waals surface area contributed by atoms with E-state index in [9.17, 15) is 62.7 Å². The molecule has 1 saturated heterocycles. The Morgan fingerprint density at radius 2 is 1.65 bits per heavy atom. The average molecular weight is 936 g/mol. The summed E-state index contributed by atoms with van der Waals surface area (Å²) in [7, 11) is -16.4. The number of phosphoric ester groups is 3. The van der Waals surface area contributed by atoms with Crippen LogP contribution in [0, 0.1) is 5.41 Å². The Morgan fingerprint density at radius 3 is 2.33 bits per heavy atom. The second kappa shape index (κ2) is 23.1. The fourth-order valence-corrected chi connectivity index (χ4v) is 9.04. The zero-order valence-electron chi connectivity index (χ0n) is 32.9. The maximum Gasteiger partial charge on any atom is 0.481 e. The lowest BCUT2D eigenvalue weighted by Crippen LogP contribution is -2.46. The largest absolute Gasteiger partial charge is 0.481 e. The van der Waals surface area contributed by atoms with Crippen molar-refractivity contribution in [2.75, 3.05) is 37.8 Å². The van der Waals surface area contributed by atoms with Crippen LogP contribution in [0.4, 0.5) is 5.82 Å². The molecule has 60 heavy (non-hydrogen) atoms. The van der Waals surface area contributed by atoms with Crippen molar-refractivity contribution in [2.45, 2.75) is 103 Å². The summed E-state index contributed by atoms with van der Waals surface area (Å²) < 4.78 is 62.2. The molecule has 340 valence electrons. The number of rotatable bonds is 27. The SMILES string of the molecule is CCCCCC(=O)CCCC(=O)SCCNC(=O)CCNC(=O)C(O)C(C)(C)COP(=O)(O)OP(=O)(O)OCC1OC(n2cnc3c(N)ncnc32)C(O)C1OP(=O)(O)O. The molecular formula is C31H52N7O18P3S. The minimum absolute atomic E-state index is 0.0263. The van der Waals surface area contributed by atoms with Gasteiger partial charge in [0.1, 0.15) is 42.0 Å². The van der Waals surface area contributed by atoms with E-state index in [-0.39, 0.29) is 53.8 Å². The molecule has 10 N–H and O–H groups in total. The van der Waals surface area contributed by atoms with E-state index in [1.54, 1.807) is 0 Å². The molecule has 0 aliphatic carbocycles. The van der Waals surface area contributed by atoms with Gasteiger partial charge in [-0.15, -0.1) is 0 Å². The van der Waals surface area contributed by atoms with E-state index in [0.717, 1.165) is 48.2 Å². The van der Waals surface area contributed by atoms with E-state index in [2.05, 4.69) is 41.3 Å². The number of phosphoric acid groups is 3. The number of imidazole rings is 1. The summed E-state index contributed by atoms with van der Waals surface area (Å²) in [6.07, 6.45) is -2.52. The predicted molar refractivity (Wildman–Crippen MR) is 210 cm³/mol. The normalized spacial score (nSPS) is 20.9. The summed E-state index contributed by atoms with van der Waals surface area (Å²) >= 11 is 1.03. The van der Waals surface area contributed by atoms with Gasteiger partial charge in [0.25, 0.3) is 0 Å². The molecule has 29 heteroatoms. The first kappa shape index (κ1) is 51.6. The van der Waals surface area contributed by atoms with Crippen molar-refractivity contribution in [3.8, 4) is 0 Å². The van der Waals surface area contributed by atoms with Crippen LogP contribution in [-0.2, 0) is 55.5 Å². The molecule has 0 aromatic carbocycles. The van der Waals surface area contributed by atoms with E-state index in [4.69, 9.17) is 19.5 Å². The number of carbonyl (C=O) groups is 4. The van der Waals surface area contributed by atoms with Crippen LogP contribution in [0.15, 0.2) is 12.7 Å². The van der Waals surface area contributed by atoms with Crippen molar-refractivity contribution in [2.24, 2.45) is 5.41 Å². The van der Waals surface area contributed by atoms with Gasteiger partial charge < -0.3 is 50.9 Å². The maximum absolute atomic E-state index is 12.7. The molecular weight excluding hydrogens is 883 g/mol. The molecule has 2 amide bonds. The van der Waals surface area contributed by atoms with E-state index >= 15 is 0 Å². The summed E-state index contributed by atoms with van der Waals surface area (Å²) in [5, 5.41) is 26.3. The van der Waals surface area contributed by atoms with Gasteiger partial charge in [0.2, 0.25) is 11.8 Å². The number of aliphatic hydroxyl groups excluding tert-OH is 2. The van der Waals surface area contributed by atoms with Crippen LogP contribution >= 0.6 is 35.2 Å². The van der Waals surface area contributed by atoms with E-state index in [0.29, 0.717) is 25.0 Å². The summed E-state index contributed by atoms with van der Waals surface area (Å²) in [5.41, 5.74) is 4.24. The highest BCUT2D eigenvalue weighted by Gasteiger charge is 2.50. The molecule has 2 aromatic heterocycles. The number of anilines is 1. The summed E-state index contributed by atoms with van der Waals surface area (Å²) in [6.45, 7) is 2.46. The number of unbranched alkanes of at least 4 members (excludes halogenated alkanes) is 2. The van der Waals surface area contributed by atoms with Gasteiger partial charge in [0, 0.05) is 49.9 Å². The molecule has 1 aliphatic rings. The number of nitrogen functional groups attached to an aromatic ring is 1. The lowest BCUT2D eigenvalue weighted by molar-refractivity contribution is -0.137. The number of thioether (sulfide) groups is 1. The quantitative estimate of drug-likeness (QED) is 0.0445. The zero-order chi connectivity index (χ0) is 44.9. The molecule has 7 unspecified atom stereocenters. The van der Waals surface area contributed by atoms with E-state index in [1.807, 2.05) is 0 Å². The molecule has 3 rings (SSSR count). The average Bonchev–Trinajstić information content (AvgIpc) is 3.71. The van der Waals surface area contributed by atoms with Gasteiger partial charge in [-0.25, -0.2) is 28.6 Å². The number of nitrogens with two attached hydrogens (primary N) is 1. The van der Waals surface area contributed by atoms with E-state index < -0.39 is 84.6 Å². The number of hydrogen-bond acceptors (Lipinski definition) is 19. The van der Waals surface area contributed by atoms with Gasteiger partial charge in [0.15, 0.2) is 22.8 Å². The lowest BCUT2D eigenvalue weighted by Gasteiger charge is -2.30. The Kier molecular flexibility index (Phi) is 19.8. The number of nitrogens with one attached hydrogen (secondary N) is 2. The Morgan fingerprint density at radius 1 is 0.967 bits per heavy atom. The number of Topliss-reactive ketones (excluding diaryl/α,β-unsaturated/α-hetero) is 1. The number of fused-ring (bicyclic) bond motifs is 1. The van der Waals surface area contributed by atoms with Crippen molar-refractivity contribution in [1.82, 2.24) is 30.2 Å². The standard InChI is InChI=1S/C31H52N7O18P3S/c1-4-5-6-8-19(39)9-7-10-22(41)60-14-13-33-21(40)11-12-34-29(44)26(43)31(2,3)16-53-59(50,51)56-58(48,49)52-15-20-25(55-57(45,46)47)24(42)30(54-20)38-18-37-23-27(32)35-17-36-28(23)38/h17-18,20,24-26,30,42-43H,4-16H2,1-3H3,(H,33,40)(H,34,44)(H,48,49)(H,50,51)(H2,32,35,36)(H2,45,46,47). The third kappa shape index (κ3) is 16.8. The Hall–Kier alpha value is -2.77. The Labute approximate surface area is 348 Å². The number of ether oxygens (including phenoxy) is 1. The number of aromatic nitrogens is 4. The van der Waals surface area contributed by atoms with Crippen LogP contribution < -0.4 is 16.4 Å². The topological polar surface area (TPSA) is 381 Å². The van der Waals surface area contributed by atoms with Gasteiger partial charge in [0.05, 0.1) is 19.5 Å². The summed E-state index contributed by atoms with van der Waals surface area (Å²) in [5.74, 6) is -1.05. The molecule has 0 saturated carbocycles. The Bertz CT molecular complexity index is 1940. The number of ketones is 1. The Balaban J connectivity index is 1.42. The van der Waals surface area contributed by atoms with Crippen LogP contribution in [0.25, 0.3) is 11.2 Å². The molecule has 2 aromatic rings. The fourth-order valence-electron chi connectivity index (χ4n) is 5.49. The van der Waals surface area contributed by atoms with Gasteiger partial charge >= 0.3 is 23.5 Å². The number of hydrogen-bond donors (Lipinski definition) is 9. The molecule has 0 bridgehead atoms. The maximum atomic E-state index is 12.7. The predicted octanol–water partition coefficient (Wildman–Crippen LogP) is 0.984. The molecule has 1 fully saturated rings. The van der Waals surface area contributed by atoms with Crippen molar-refractivity contribution in [3.63, 3.8) is 0 Å². The second-order valence-electron chi connectivity index (χ2n) is 14.1. The first-order chi connectivity index (χ1) is 27.9. The lowest BCUT2D eigenvalue weighted by atomic mass is 9.87. The van der Waals surface area contributed by atoms with Gasteiger partial charge in [-0.1, -0.05) is 45.4 Å². The number of nitrogens with zero attached hydrogens (tertiary/aromatic N) is 4. The molecule has 3 heterocycles. The van der Waals surface area contributed by atoms with Crippen molar-refractivity contribution < 1.29 is 85.3 Å². The molecule has 7 atom stereocenters. The molecule has 0 spiro atoms. The number of amides is 2. The van der Waals surface area contributed by atoms with Gasteiger partial charge in [-0.2, -0.15) is 4.31 Å². The highest BCUT2D eigenvalue weighted by molar-refractivity contribution is 8.13. The van der Waals surface area contributed by atoms with Crippen LogP contribution in [-0.4, -0.2) is 128 Å². The first-order valence-electron chi connectivity index (χ1n) is 18.5. The minimum Gasteiger partial charge on any atom is -0.386 e. The molecule has 25 nitrogen and oxygen atoms in total. The van der Waals surface area contributed by atoms with Gasteiger partial charge in [-0.05, 0) is 12.8 Å². The van der Waals surface area contributed by atoms with Gasteiger partial charge in [-0.3, -0.25) is 37.3 Å². The minimum atomic E-state index is -5.58. The smallest absolute Gasteiger partial charge is 0.386 e. The first-order valence-corrected chi connectivity index (χ1v) is 24.0. The zero-order valence-corrected chi connectivity index (χ0v) is 36.4. The highest BCUT2D eigenvalue weighted by atomic mass is 32.2. The van der Waals surface area contributed by atoms with Crippen LogP contribution in [0.3, 0.4) is 0 Å². The van der Waals surface area contributed by atoms with Crippen LogP contribution in [0.5, 0.6) is 0 Å². The fraction of sp³-hybridized carbons (Fsp3) is 0.710. The van der Waals surface area contributed by atoms with Crippen LogP contribution in [0.1, 0.15) is 78.4 Å². The molecule has 0 radical (unpaired) electrons. The summed E-state index contributed by atoms with van der Waals surface area (Å²) in [4.78, 5) is 99.6. The van der Waals surface area contributed by atoms with E-state index in [1.165, 1.54) is 13.8 Å². The third-order valence-electron chi connectivity index (χ3n) is 8.66. The number of aliphatic hydroxyl groups is 2. The molecule has 1 aliphatic heterocycles. The number of carbonyl (C=O) groups excluding carboxylic acids is 4. The van der Waals surface area contributed by atoms with Crippen molar-refractivity contribution in [1.29, 1.82) is 0 Å². The third-order valence-corrected chi connectivity index (χ3v) is 12.7. The summed E-state index contributed by atoms with van der Waals surface area (Å²) in [6, 6.07) is 0. The van der Waals surface area contributed by atoms with Crippen molar-refractivity contribution >= 4 is 74.9 Å². The second-order valence-corrected chi connectivity index (χ2v) is 19.5. The highest BCUT2D eigenvalue weighted by Crippen LogP contribution is 2.61. The monoisotopic (exact) mass is 935 g/mol. The van der Waals surface area contributed by atoms with Crippen molar-refractivity contribution in [3.05, 3.63) is 12.7 Å². The van der Waals surface area contributed by atoms with Crippen LogP contribution in [0.2, 0.25) is 0 Å².